The molecule has 0 aliphatic heterocycles. The van der Waals surface area contributed by atoms with E-state index in [1.165, 1.54) is 33.4 Å². The Bertz CT molecular complexity index is 3590. The van der Waals surface area contributed by atoms with Gasteiger partial charge in [0.05, 0.1) is 17.1 Å². The largest absolute Gasteiger partial charge is 0.510 e. The molecular formula is C67H66N4OPt-2. The zero-order chi connectivity index (χ0) is 50.8. The van der Waals surface area contributed by atoms with Crippen molar-refractivity contribution < 1.29 is 30.4 Å². The molecule has 0 aliphatic carbocycles. The van der Waals surface area contributed by atoms with Gasteiger partial charge in [0.25, 0.3) is 6.33 Å². The zero-order valence-electron chi connectivity index (χ0n) is 44.3. The van der Waals surface area contributed by atoms with Crippen LogP contribution in [-0.4, -0.2) is 14.1 Å². The van der Waals surface area contributed by atoms with Gasteiger partial charge >= 0.3 is 0 Å². The van der Waals surface area contributed by atoms with E-state index in [0.29, 0.717) is 11.5 Å². The van der Waals surface area contributed by atoms with Gasteiger partial charge in [-0.05, 0) is 85.6 Å². The number of hydrogen-bond acceptors (Lipinski definition) is 2. The van der Waals surface area contributed by atoms with E-state index in [0.717, 1.165) is 50.4 Å². The molecule has 7 aromatic carbocycles. The van der Waals surface area contributed by atoms with E-state index in [1.807, 2.05) is 24.4 Å². The number of fused-ring (bicyclic) bond motifs is 3. The summed E-state index contributed by atoms with van der Waals surface area (Å²) in [4.78, 5) is 4.99. The summed E-state index contributed by atoms with van der Waals surface area (Å²) in [7, 11) is 0. The molecule has 0 bridgehead atoms. The second-order valence-electron chi connectivity index (χ2n) is 23.0. The first-order valence-corrected chi connectivity index (χ1v) is 25.3. The first-order valence-electron chi connectivity index (χ1n) is 25.3. The third-order valence-corrected chi connectivity index (χ3v) is 14.9. The van der Waals surface area contributed by atoms with Crippen LogP contribution in [-0.2, 0) is 48.1 Å². The summed E-state index contributed by atoms with van der Waals surface area (Å²) in [6, 6.07) is 70.3. The Hall–Kier alpha value is -6.81. The predicted octanol–water partition coefficient (Wildman–Crippen LogP) is 16.0. The molecule has 0 saturated heterocycles. The molecule has 0 saturated carbocycles. The van der Waals surface area contributed by atoms with Gasteiger partial charge in [0.1, 0.15) is 5.82 Å². The number of hydrogen-bond donors (Lipinski definition) is 0. The summed E-state index contributed by atoms with van der Waals surface area (Å²) in [6.07, 6.45) is 5.86. The molecule has 0 N–H and O–H groups in total. The Labute approximate surface area is 447 Å². The molecule has 3 heterocycles. The van der Waals surface area contributed by atoms with Gasteiger partial charge in [0, 0.05) is 60.5 Å². The third-order valence-electron chi connectivity index (χ3n) is 14.9. The third kappa shape index (κ3) is 9.54. The molecule has 10 rings (SSSR count). The van der Waals surface area contributed by atoms with Gasteiger partial charge in [0.15, 0.2) is 0 Å². The minimum absolute atomic E-state index is 0. The van der Waals surface area contributed by atoms with Crippen molar-refractivity contribution in [2.45, 2.75) is 110 Å². The van der Waals surface area contributed by atoms with Gasteiger partial charge in [-0.3, -0.25) is 4.57 Å². The van der Waals surface area contributed by atoms with Gasteiger partial charge in [-0.1, -0.05) is 204 Å². The number of pyridine rings is 1. The smallest absolute Gasteiger partial charge is 0.267 e. The minimum Gasteiger partial charge on any atom is -0.510 e. The number of ether oxygens (including phenoxy) is 1. The van der Waals surface area contributed by atoms with Crippen LogP contribution in [0.1, 0.15) is 128 Å². The fourth-order valence-electron chi connectivity index (χ4n) is 10.4. The van der Waals surface area contributed by atoms with Crippen LogP contribution in [0.2, 0.25) is 0 Å². The SMILES string of the molecule is CC(C)(C)c1cccc(-[n+]2[c-]n(-c3[c-]c(Oc4[c-]c5c(cc4)c4cc(C(C)(C)c6ccccc6)ccc4n5-c4cc(C(C)(C)C)ccn4)ccc3)c(C(C)(C)c3ccccc3)c2C(C)(C)c2ccccc2)c1.[Pt]. The van der Waals surface area contributed by atoms with Crippen LogP contribution in [0.3, 0.4) is 0 Å². The summed E-state index contributed by atoms with van der Waals surface area (Å²) in [6.45, 7) is 27.4. The van der Waals surface area contributed by atoms with Crippen molar-refractivity contribution in [2.75, 3.05) is 0 Å². The molecule has 372 valence electrons. The average molecular weight is 1140 g/mol. The minimum atomic E-state index is -0.489. The summed E-state index contributed by atoms with van der Waals surface area (Å²) in [5, 5.41) is 2.21. The first-order chi connectivity index (χ1) is 34.2. The normalized spacial score (nSPS) is 12.5. The Balaban J connectivity index is 0.00000656. The van der Waals surface area contributed by atoms with Crippen molar-refractivity contribution in [3.8, 4) is 28.7 Å². The van der Waals surface area contributed by atoms with Crippen molar-refractivity contribution in [2.24, 2.45) is 0 Å². The van der Waals surface area contributed by atoms with E-state index < -0.39 is 10.8 Å². The predicted molar refractivity (Wildman–Crippen MR) is 296 cm³/mol. The summed E-state index contributed by atoms with van der Waals surface area (Å²) >= 11 is 0. The Morgan fingerprint density at radius 2 is 1.03 bits per heavy atom. The molecule has 0 spiro atoms. The van der Waals surface area contributed by atoms with Gasteiger partial charge in [-0.25, -0.2) is 4.98 Å². The number of aromatic nitrogens is 4. The maximum absolute atomic E-state index is 6.89. The molecule has 0 radical (unpaired) electrons. The average Bonchev–Trinajstić information content (AvgIpc) is 3.95. The Kier molecular flexibility index (Phi) is 13.5. The Morgan fingerprint density at radius 3 is 1.66 bits per heavy atom. The second kappa shape index (κ2) is 19.2. The van der Waals surface area contributed by atoms with Crippen molar-refractivity contribution >= 4 is 21.8 Å². The van der Waals surface area contributed by atoms with E-state index in [2.05, 4.69) is 273 Å². The number of benzene rings is 7. The van der Waals surface area contributed by atoms with Crippen molar-refractivity contribution in [1.29, 1.82) is 0 Å². The molecule has 10 aromatic rings. The van der Waals surface area contributed by atoms with E-state index in [4.69, 9.17) is 9.72 Å². The standard InChI is InChI=1S/C67H66N4O.Pt/c1-63(2,3)49-30-22-31-52(40-49)69-45-70(62(67(11,12)48-28-20-15-21-29-48)61(69)66(9,10)47-26-18-14-19-27-47)53-32-23-33-54(43-53)72-55-35-36-56-57-41-51(65(7,8)46-24-16-13-17-25-46)34-37-58(57)71(59(56)44-55)60-42-50(38-39-68-60)64(4,5)6;/h13-42H,1-12H3;/q-2;. The summed E-state index contributed by atoms with van der Waals surface area (Å²) < 4.78 is 13.6. The monoisotopic (exact) mass is 1140 g/mol. The number of nitrogens with zero attached hydrogens (tertiary/aromatic N) is 4. The molecule has 0 aliphatic rings. The summed E-state index contributed by atoms with van der Waals surface area (Å²) in [5.41, 5.74) is 12.1. The fraction of sp³-hybridized carbons (Fsp3) is 0.254. The zero-order valence-corrected chi connectivity index (χ0v) is 46.6. The van der Waals surface area contributed by atoms with Gasteiger partial charge < -0.3 is 13.9 Å². The van der Waals surface area contributed by atoms with E-state index >= 15 is 0 Å². The molecule has 0 fully saturated rings. The van der Waals surface area contributed by atoms with Gasteiger partial charge in [-0.15, -0.1) is 29.7 Å². The molecule has 5 nitrogen and oxygen atoms in total. The molecule has 0 unspecified atom stereocenters. The number of rotatable bonds is 11. The van der Waals surface area contributed by atoms with Gasteiger partial charge in [0.2, 0.25) is 0 Å². The molecule has 6 heteroatoms. The summed E-state index contributed by atoms with van der Waals surface area (Å²) in [5.74, 6) is 1.99. The first kappa shape index (κ1) is 51.1. The van der Waals surface area contributed by atoms with Crippen LogP contribution in [0.4, 0.5) is 0 Å². The Morgan fingerprint density at radius 1 is 0.466 bits per heavy atom. The van der Waals surface area contributed by atoms with Crippen LogP contribution in [0.5, 0.6) is 11.5 Å². The van der Waals surface area contributed by atoms with E-state index in [1.54, 1.807) is 0 Å². The van der Waals surface area contributed by atoms with Crippen LogP contribution in [0, 0.1) is 18.5 Å². The van der Waals surface area contributed by atoms with Crippen molar-refractivity contribution in [3.05, 3.63) is 245 Å². The maximum Gasteiger partial charge on any atom is 0.267 e. The number of imidazole rings is 1. The molecule has 0 atom stereocenters. The molecule has 0 amide bonds. The van der Waals surface area contributed by atoms with E-state index in [-0.39, 0.29) is 37.3 Å². The molecular weight excluding hydrogens is 1070 g/mol. The topological polar surface area (TPSA) is 35.9 Å². The maximum atomic E-state index is 6.89. The van der Waals surface area contributed by atoms with Crippen LogP contribution >= 0.6 is 0 Å². The van der Waals surface area contributed by atoms with Crippen LogP contribution < -0.4 is 9.30 Å². The van der Waals surface area contributed by atoms with Crippen molar-refractivity contribution in [1.82, 2.24) is 14.1 Å². The van der Waals surface area contributed by atoms with Crippen molar-refractivity contribution in [3.63, 3.8) is 0 Å². The van der Waals surface area contributed by atoms with Crippen LogP contribution in [0.25, 0.3) is 39.0 Å². The van der Waals surface area contributed by atoms with Crippen LogP contribution in [0.15, 0.2) is 182 Å². The molecule has 3 aromatic heterocycles. The fourth-order valence-corrected chi connectivity index (χ4v) is 10.4. The second-order valence-corrected chi connectivity index (χ2v) is 23.0. The quantitative estimate of drug-likeness (QED) is 0.0956. The van der Waals surface area contributed by atoms with E-state index in [9.17, 15) is 0 Å². The molecule has 73 heavy (non-hydrogen) atoms. The van der Waals surface area contributed by atoms with Gasteiger partial charge in [-0.2, -0.15) is 18.2 Å².